The summed E-state index contributed by atoms with van der Waals surface area (Å²) >= 11 is 0. The molecule has 1 unspecified atom stereocenters. The average Bonchev–Trinajstić information content (AvgIpc) is 2.37. The molecule has 1 aromatic carbocycles. The molecule has 1 atom stereocenters. The largest absolute Gasteiger partial charge is 0.467 e. The van der Waals surface area contributed by atoms with E-state index in [0.29, 0.717) is 5.69 Å². The summed E-state index contributed by atoms with van der Waals surface area (Å²) in [6, 6.07) is 5.12. The van der Waals surface area contributed by atoms with Crippen LogP contribution in [-0.2, 0) is 9.53 Å². The van der Waals surface area contributed by atoms with E-state index in [1.807, 2.05) is 0 Å². The number of hydrogen-bond acceptors (Lipinski definition) is 6. The van der Waals surface area contributed by atoms with Crippen LogP contribution in [0.25, 0.3) is 0 Å². The maximum Gasteiger partial charge on any atom is 0.327 e. The summed E-state index contributed by atoms with van der Waals surface area (Å²) < 4.78 is 4.52. The lowest BCUT2D eigenvalue weighted by Crippen LogP contribution is -2.27. The molecular formula is C11H11N3O4. The molecule has 0 heterocycles. The molecule has 0 amide bonds. The number of nitriles is 1. The highest BCUT2D eigenvalue weighted by atomic mass is 16.6. The third kappa shape index (κ3) is 2.95. The summed E-state index contributed by atoms with van der Waals surface area (Å²) in [6.07, 6.45) is 0. The summed E-state index contributed by atoms with van der Waals surface area (Å²) in [7, 11) is 1.25. The Morgan fingerprint density at radius 2 is 2.28 bits per heavy atom. The van der Waals surface area contributed by atoms with E-state index in [1.54, 1.807) is 13.0 Å². The topological polar surface area (TPSA) is 105 Å². The molecule has 94 valence electrons. The zero-order chi connectivity index (χ0) is 13.7. The van der Waals surface area contributed by atoms with E-state index in [1.165, 1.54) is 25.3 Å². The molecule has 0 bridgehead atoms. The molecule has 0 aliphatic heterocycles. The van der Waals surface area contributed by atoms with Gasteiger partial charge in [0.25, 0.3) is 5.69 Å². The zero-order valence-corrected chi connectivity index (χ0v) is 9.84. The van der Waals surface area contributed by atoms with E-state index >= 15 is 0 Å². The zero-order valence-electron chi connectivity index (χ0n) is 9.84. The summed E-state index contributed by atoms with van der Waals surface area (Å²) in [5.74, 6) is -0.484. The molecule has 0 aliphatic rings. The Morgan fingerprint density at radius 1 is 1.61 bits per heavy atom. The van der Waals surface area contributed by atoms with Crippen LogP contribution in [0.2, 0.25) is 0 Å². The van der Waals surface area contributed by atoms with Crippen LogP contribution in [-0.4, -0.2) is 24.0 Å². The van der Waals surface area contributed by atoms with Crippen molar-refractivity contribution < 1.29 is 14.5 Å². The standard InChI is InChI=1S/C11H11N3O4/c1-7(11(15)18-2)13-9-4-3-8(6-12)10(5-9)14(16)17/h3-5,7,13H,1-2H3. The molecule has 0 saturated heterocycles. The maximum absolute atomic E-state index is 11.2. The smallest absolute Gasteiger partial charge is 0.327 e. The fraction of sp³-hybridized carbons (Fsp3) is 0.273. The number of nitrogens with zero attached hydrogens (tertiary/aromatic N) is 2. The van der Waals surface area contributed by atoms with Gasteiger partial charge in [0.1, 0.15) is 17.7 Å². The number of methoxy groups -OCH3 is 1. The van der Waals surface area contributed by atoms with E-state index in [-0.39, 0.29) is 11.3 Å². The van der Waals surface area contributed by atoms with Gasteiger partial charge in [0, 0.05) is 11.8 Å². The van der Waals surface area contributed by atoms with Crippen molar-refractivity contribution in [3.05, 3.63) is 33.9 Å². The lowest BCUT2D eigenvalue weighted by atomic mass is 10.1. The second-order valence-corrected chi connectivity index (χ2v) is 3.49. The van der Waals surface area contributed by atoms with Crippen molar-refractivity contribution in [3.8, 4) is 6.07 Å². The molecule has 0 aromatic heterocycles. The minimum Gasteiger partial charge on any atom is -0.467 e. The van der Waals surface area contributed by atoms with Gasteiger partial charge in [-0.1, -0.05) is 0 Å². The van der Waals surface area contributed by atoms with Gasteiger partial charge in [-0.05, 0) is 19.1 Å². The number of carbonyl (C=O) groups excluding carboxylic acids is 1. The Bertz CT molecular complexity index is 522. The number of carbonyl (C=O) groups is 1. The fourth-order valence-electron chi connectivity index (χ4n) is 1.35. The summed E-state index contributed by atoms with van der Waals surface area (Å²) in [6.45, 7) is 1.57. The Hall–Kier alpha value is -2.62. The molecule has 0 radical (unpaired) electrons. The first-order valence-electron chi connectivity index (χ1n) is 5.02. The molecule has 0 spiro atoms. The predicted octanol–water partition coefficient (Wildman–Crippen LogP) is 1.44. The number of hydrogen-bond donors (Lipinski definition) is 1. The van der Waals surface area contributed by atoms with Crippen molar-refractivity contribution in [2.24, 2.45) is 0 Å². The Labute approximate surface area is 103 Å². The minimum absolute atomic E-state index is 0.0312. The highest BCUT2D eigenvalue weighted by molar-refractivity contribution is 5.79. The van der Waals surface area contributed by atoms with Crippen molar-refractivity contribution in [1.29, 1.82) is 5.26 Å². The molecular weight excluding hydrogens is 238 g/mol. The molecule has 1 rings (SSSR count). The van der Waals surface area contributed by atoms with Crippen LogP contribution in [0.15, 0.2) is 18.2 Å². The van der Waals surface area contributed by atoms with Crippen molar-refractivity contribution in [1.82, 2.24) is 0 Å². The van der Waals surface area contributed by atoms with Crippen LogP contribution in [0, 0.1) is 21.4 Å². The maximum atomic E-state index is 11.2. The second kappa shape index (κ2) is 5.63. The quantitative estimate of drug-likeness (QED) is 0.491. The van der Waals surface area contributed by atoms with E-state index in [0.717, 1.165) is 0 Å². The third-order valence-corrected chi connectivity index (χ3v) is 2.25. The van der Waals surface area contributed by atoms with Gasteiger partial charge in [-0.2, -0.15) is 5.26 Å². The lowest BCUT2D eigenvalue weighted by molar-refractivity contribution is -0.385. The van der Waals surface area contributed by atoms with Crippen LogP contribution in [0.3, 0.4) is 0 Å². The summed E-state index contributed by atoms with van der Waals surface area (Å²) in [5, 5.41) is 22.2. The van der Waals surface area contributed by atoms with E-state index in [2.05, 4.69) is 10.1 Å². The molecule has 0 fully saturated rings. The summed E-state index contributed by atoms with van der Waals surface area (Å²) in [4.78, 5) is 21.3. The van der Waals surface area contributed by atoms with Gasteiger partial charge in [0.15, 0.2) is 0 Å². The van der Waals surface area contributed by atoms with Crippen molar-refractivity contribution in [3.63, 3.8) is 0 Å². The normalized spacial score (nSPS) is 11.2. The van der Waals surface area contributed by atoms with Crippen LogP contribution >= 0.6 is 0 Å². The number of rotatable bonds is 4. The fourth-order valence-corrected chi connectivity index (χ4v) is 1.35. The van der Waals surface area contributed by atoms with Gasteiger partial charge < -0.3 is 10.1 Å². The molecule has 1 aromatic rings. The second-order valence-electron chi connectivity index (χ2n) is 3.49. The average molecular weight is 249 g/mol. The molecule has 18 heavy (non-hydrogen) atoms. The number of anilines is 1. The SMILES string of the molecule is COC(=O)C(C)Nc1ccc(C#N)c([N+](=O)[O-])c1. The Balaban J connectivity index is 2.99. The van der Waals surface area contributed by atoms with Gasteiger partial charge in [0.05, 0.1) is 12.0 Å². The van der Waals surface area contributed by atoms with E-state index in [4.69, 9.17) is 5.26 Å². The van der Waals surface area contributed by atoms with Crippen molar-refractivity contribution in [2.75, 3.05) is 12.4 Å². The van der Waals surface area contributed by atoms with E-state index in [9.17, 15) is 14.9 Å². The minimum atomic E-state index is -0.646. The molecule has 0 saturated carbocycles. The number of benzene rings is 1. The molecule has 0 aliphatic carbocycles. The van der Waals surface area contributed by atoms with Gasteiger partial charge in [-0.3, -0.25) is 10.1 Å². The highest BCUT2D eigenvalue weighted by Gasteiger charge is 2.17. The van der Waals surface area contributed by atoms with Crippen LogP contribution in [0.5, 0.6) is 0 Å². The van der Waals surface area contributed by atoms with Crippen LogP contribution in [0.1, 0.15) is 12.5 Å². The highest BCUT2D eigenvalue weighted by Crippen LogP contribution is 2.22. The first kappa shape index (κ1) is 13.4. The Morgan fingerprint density at radius 3 is 2.78 bits per heavy atom. The summed E-state index contributed by atoms with van der Waals surface area (Å²) in [5.41, 5.74) is 0.0365. The van der Waals surface area contributed by atoms with Gasteiger partial charge in [0.2, 0.25) is 0 Å². The van der Waals surface area contributed by atoms with Gasteiger partial charge >= 0.3 is 5.97 Å². The third-order valence-electron chi connectivity index (χ3n) is 2.25. The predicted molar refractivity (Wildman–Crippen MR) is 62.9 cm³/mol. The van der Waals surface area contributed by atoms with Gasteiger partial charge in [-0.15, -0.1) is 0 Å². The number of nitrogens with one attached hydrogen (secondary N) is 1. The van der Waals surface area contributed by atoms with Gasteiger partial charge in [-0.25, -0.2) is 4.79 Å². The number of esters is 1. The van der Waals surface area contributed by atoms with Crippen molar-refractivity contribution >= 4 is 17.3 Å². The van der Waals surface area contributed by atoms with Crippen molar-refractivity contribution in [2.45, 2.75) is 13.0 Å². The molecule has 7 heteroatoms. The number of ether oxygens (including phenoxy) is 1. The molecule has 1 N–H and O–H groups in total. The first-order valence-corrected chi connectivity index (χ1v) is 5.02. The lowest BCUT2D eigenvalue weighted by Gasteiger charge is -2.12. The number of nitro groups is 1. The van der Waals surface area contributed by atoms with Crippen LogP contribution < -0.4 is 5.32 Å². The Kier molecular flexibility index (Phi) is 4.21. The van der Waals surface area contributed by atoms with Crippen LogP contribution in [0.4, 0.5) is 11.4 Å². The first-order chi connectivity index (χ1) is 8.49. The monoisotopic (exact) mass is 249 g/mol. The van der Waals surface area contributed by atoms with E-state index < -0.39 is 16.9 Å². The molecule has 7 nitrogen and oxygen atoms in total. The number of nitro benzene ring substituents is 1.